The van der Waals surface area contributed by atoms with E-state index in [1.807, 2.05) is 30.3 Å². The maximum atomic E-state index is 10.2. The van der Waals surface area contributed by atoms with E-state index in [9.17, 15) is 10.2 Å². The number of benzene rings is 2. The van der Waals surface area contributed by atoms with Crippen molar-refractivity contribution >= 4 is 28.3 Å². The molecule has 4 N–H and O–H groups in total. The summed E-state index contributed by atoms with van der Waals surface area (Å²) in [5, 5.41) is 20.0. The number of nitrogens with two attached hydrogens (primary N) is 1. The molecule has 0 spiro atoms. The molecule has 0 radical (unpaired) electrons. The average molecular weight is 359 g/mol. The van der Waals surface area contributed by atoms with Crippen LogP contribution < -0.4 is 5.73 Å². The third-order valence-corrected chi connectivity index (χ3v) is 3.54. The van der Waals surface area contributed by atoms with Crippen LogP contribution in [0.5, 0.6) is 5.75 Å². The largest absolute Gasteiger partial charge is 0.508 e. The Bertz CT molecular complexity index is 551. The molecule has 0 unspecified atom stereocenters. The summed E-state index contributed by atoms with van der Waals surface area (Å²) in [6, 6.07) is 14.0. The Morgan fingerprint density at radius 2 is 1.75 bits per heavy atom. The van der Waals surface area contributed by atoms with Gasteiger partial charge in [-0.25, -0.2) is 0 Å². The van der Waals surface area contributed by atoms with Gasteiger partial charge >= 0.3 is 0 Å². The zero-order valence-corrected chi connectivity index (χ0v) is 13.1. The van der Waals surface area contributed by atoms with E-state index >= 15 is 0 Å². The first-order chi connectivity index (χ1) is 9.08. The van der Waals surface area contributed by atoms with E-state index in [-0.39, 0.29) is 18.2 Å². The minimum atomic E-state index is -0.748. The van der Waals surface area contributed by atoms with Gasteiger partial charge in [-0.1, -0.05) is 46.3 Å². The van der Waals surface area contributed by atoms with Crippen molar-refractivity contribution in [3.63, 3.8) is 0 Å². The molecule has 2 rings (SSSR count). The molecule has 108 valence electrons. The van der Waals surface area contributed by atoms with Gasteiger partial charge < -0.3 is 15.9 Å². The molecule has 0 bridgehead atoms. The molecule has 3 nitrogen and oxygen atoms in total. The third-order valence-electron chi connectivity index (χ3n) is 3.05. The van der Waals surface area contributed by atoms with Crippen LogP contribution in [0, 0.1) is 0 Å². The molecule has 0 aliphatic carbocycles. The van der Waals surface area contributed by atoms with E-state index in [0.29, 0.717) is 12.0 Å². The lowest BCUT2D eigenvalue weighted by Gasteiger charge is -2.20. The fourth-order valence-corrected chi connectivity index (χ4v) is 2.36. The lowest BCUT2D eigenvalue weighted by atomic mass is 9.96. The van der Waals surface area contributed by atoms with Gasteiger partial charge in [-0.3, -0.25) is 0 Å². The molecule has 0 amide bonds. The van der Waals surface area contributed by atoms with Gasteiger partial charge in [0.15, 0.2) is 0 Å². The number of aliphatic hydroxyl groups excluding tert-OH is 1. The smallest absolute Gasteiger partial charge is 0.120 e. The molecule has 0 fully saturated rings. The zero-order chi connectivity index (χ0) is 13.8. The Hall–Kier alpha value is -1.07. The molecule has 0 aliphatic rings. The Balaban J connectivity index is 0.00000200. The number of hydrogen-bond acceptors (Lipinski definition) is 3. The van der Waals surface area contributed by atoms with E-state index in [4.69, 9.17) is 5.73 Å². The Labute approximate surface area is 133 Å². The highest BCUT2D eigenvalue weighted by Gasteiger charge is 2.20. The first-order valence-electron chi connectivity index (χ1n) is 6.04. The second kappa shape index (κ2) is 7.64. The van der Waals surface area contributed by atoms with Gasteiger partial charge in [-0.2, -0.15) is 0 Å². The molecule has 0 heterocycles. The van der Waals surface area contributed by atoms with Crippen molar-refractivity contribution in [2.75, 3.05) is 0 Å². The van der Waals surface area contributed by atoms with Crippen molar-refractivity contribution in [1.29, 1.82) is 0 Å². The normalized spacial score (nSPS) is 13.3. The molecular weight excluding hydrogens is 342 g/mol. The Morgan fingerprint density at radius 1 is 1.10 bits per heavy atom. The summed E-state index contributed by atoms with van der Waals surface area (Å²) in [7, 11) is 0. The van der Waals surface area contributed by atoms with Crippen molar-refractivity contribution in [2.45, 2.75) is 18.6 Å². The lowest BCUT2D eigenvalue weighted by Crippen LogP contribution is -2.28. The topological polar surface area (TPSA) is 66.5 Å². The second-order valence-electron chi connectivity index (χ2n) is 4.49. The van der Waals surface area contributed by atoms with Crippen molar-refractivity contribution in [1.82, 2.24) is 0 Å². The average Bonchev–Trinajstić information content (AvgIpc) is 2.42. The predicted molar refractivity (Wildman–Crippen MR) is 86.1 cm³/mol. The molecule has 0 saturated heterocycles. The SMILES string of the molecule is Cl.N[C@@H](c1cc(Br)ccc1O)[C@H](O)Cc1ccccc1. The number of aliphatic hydroxyl groups is 1. The molecule has 5 heteroatoms. The predicted octanol–water partition coefficient (Wildman–Crippen LogP) is 3.18. The fraction of sp³-hybridized carbons (Fsp3) is 0.200. The highest BCUT2D eigenvalue weighted by atomic mass is 79.9. The lowest BCUT2D eigenvalue weighted by molar-refractivity contribution is 0.143. The molecule has 2 aromatic rings. The van der Waals surface area contributed by atoms with E-state index in [1.165, 1.54) is 0 Å². The fourth-order valence-electron chi connectivity index (χ4n) is 1.98. The highest BCUT2D eigenvalue weighted by molar-refractivity contribution is 9.10. The van der Waals surface area contributed by atoms with E-state index in [1.54, 1.807) is 18.2 Å². The second-order valence-corrected chi connectivity index (χ2v) is 5.40. The summed E-state index contributed by atoms with van der Waals surface area (Å²) >= 11 is 3.33. The zero-order valence-electron chi connectivity index (χ0n) is 10.7. The summed E-state index contributed by atoms with van der Waals surface area (Å²) < 4.78 is 0.822. The minimum absolute atomic E-state index is 0. The van der Waals surface area contributed by atoms with Crippen LogP contribution in [-0.4, -0.2) is 16.3 Å². The van der Waals surface area contributed by atoms with Gasteiger partial charge in [0.05, 0.1) is 12.1 Å². The van der Waals surface area contributed by atoms with E-state index < -0.39 is 12.1 Å². The molecule has 0 aromatic heterocycles. The molecule has 2 aromatic carbocycles. The van der Waals surface area contributed by atoms with E-state index in [0.717, 1.165) is 10.0 Å². The van der Waals surface area contributed by atoms with Crippen LogP contribution in [-0.2, 0) is 6.42 Å². The molecule has 0 aliphatic heterocycles. The Morgan fingerprint density at radius 3 is 2.40 bits per heavy atom. The molecule has 20 heavy (non-hydrogen) atoms. The summed E-state index contributed by atoms with van der Waals surface area (Å²) in [5.74, 6) is 0.0998. The quantitative estimate of drug-likeness (QED) is 0.786. The summed E-state index contributed by atoms with van der Waals surface area (Å²) in [4.78, 5) is 0. The summed E-state index contributed by atoms with van der Waals surface area (Å²) in [6.07, 6.45) is -0.295. The first-order valence-corrected chi connectivity index (χ1v) is 6.83. The van der Waals surface area contributed by atoms with Crippen molar-refractivity contribution < 1.29 is 10.2 Å². The number of phenolic OH excluding ortho intramolecular Hbond substituents is 1. The molecule has 0 saturated carbocycles. The van der Waals surface area contributed by atoms with Gasteiger partial charge in [0.2, 0.25) is 0 Å². The van der Waals surface area contributed by atoms with Crippen LogP contribution in [0.2, 0.25) is 0 Å². The monoisotopic (exact) mass is 357 g/mol. The van der Waals surface area contributed by atoms with Crippen LogP contribution in [0.4, 0.5) is 0 Å². The van der Waals surface area contributed by atoms with Crippen LogP contribution in [0.3, 0.4) is 0 Å². The van der Waals surface area contributed by atoms with E-state index in [2.05, 4.69) is 15.9 Å². The number of hydrogen-bond donors (Lipinski definition) is 3. The first kappa shape index (κ1) is 17.0. The number of rotatable bonds is 4. The van der Waals surface area contributed by atoms with Crippen molar-refractivity contribution in [3.8, 4) is 5.75 Å². The highest BCUT2D eigenvalue weighted by Crippen LogP contribution is 2.29. The maximum absolute atomic E-state index is 10.2. The van der Waals surface area contributed by atoms with Gasteiger partial charge in [0.1, 0.15) is 5.75 Å². The standard InChI is InChI=1S/C15H16BrNO2.ClH/c16-11-6-7-13(18)12(9-11)15(17)14(19)8-10-4-2-1-3-5-10;/h1-7,9,14-15,18-19H,8,17H2;1H/t14-,15+;/m1./s1. The van der Waals surface area contributed by atoms with Crippen LogP contribution in [0.15, 0.2) is 53.0 Å². The van der Waals surface area contributed by atoms with Gasteiger partial charge in [-0.05, 0) is 23.8 Å². The molecular formula is C15H17BrClNO2. The summed E-state index contributed by atoms with van der Waals surface area (Å²) in [6.45, 7) is 0. The number of phenols is 1. The Kier molecular flexibility index (Phi) is 6.49. The van der Waals surface area contributed by atoms with Crippen molar-refractivity contribution in [2.24, 2.45) is 5.73 Å². The van der Waals surface area contributed by atoms with Crippen LogP contribution in [0.1, 0.15) is 17.2 Å². The van der Waals surface area contributed by atoms with Crippen LogP contribution >= 0.6 is 28.3 Å². The van der Waals surface area contributed by atoms with Crippen molar-refractivity contribution in [3.05, 3.63) is 64.1 Å². The summed E-state index contributed by atoms with van der Waals surface area (Å²) in [5.41, 5.74) is 7.58. The van der Waals surface area contributed by atoms with Gasteiger partial charge in [-0.15, -0.1) is 12.4 Å². The third kappa shape index (κ3) is 4.21. The number of halogens is 2. The van der Waals surface area contributed by atoms with Gasteiger partial charge in [0.25, 0.3) is 0 Å². The number of aromatic hydroxyl groups is 1. The van der Waals surface area contributed by atoms with Gasteiger partial charge in [0, 0.05) is 16.5 Å². The maximum Gasteiger partial charge on any atom is 0.120 e. The molecule has 2 atom stereocenters. The minimum Gasteiger partial charge on any atom is -0.508 e. The van der Waals surface area contributed by atoms with Crippen LogP contribution in [0.25, 0.3) is 0 Å².